The van der Waals surface area contributed by atoms with Gasteiger partial charge in [0.2, 0.25) is 5.91 Å². The Morgan fingerprint density at radius 2 is 1.93 bits per heavy atom. The number of halogens is 1. The molecule has 0 aromatic heterocycles. The minimum atomic E-state index is -0.0810. The lowest BCUT2D eigenvalue weighted by Crippen LogP contribution is -2.41. The molecule has 2 aromatic carbocycles. The number of nitrogens with zero attached hydrogens (tertiary/aromatic N) is 2. The number of ether oxygens (including phenoxy) is 2. The number of carbonyl (C=O) groups is 2. The Balaban J connectivity index is 1.53. The summed E-state index contributed by atoms with van der Waals surface area (Å²) in [4.78, 5) is 29.5. The van der Waals surface area contributed by atoms with Crippen molar-refractivity contribution in [1.82, 2.24) is 9.80 Å². The van der Waals surface area contributed by atoms with Crippen molar-refractivity contribution in [2.24, 2.45) is 0 Å². The van der Waals surface area contributed by atoms with Crippen molar-refractivity contribution >= 4 is 23.4 Å². The van der Waals surface area contributed by atoms with Gasteiger partial charge in [0.1, 0.15) is 12.4 Å². The fourth-order valence-corrected chi connectivity index (χ4v) is 4.04. The van der Waals surface area contributed by atoms with Gasteiger partial charge in [0.05, 0.1) is 25.7 Å². The van der Waals surface area contributed by atoms with E-state index in [1.54, 1.807) is 17.0 Å². The zero-order chi connectivity index (χ0) is 21.1. The molecule has 1 unspecified atom stereocenters. The van der Waals surface area contributed by atoms with Gasteiger partial charge in [-0.1, -0.05) is 23.7 Å². The molecule has 7 heteroatoms. The summed E-state index contributed by atoms with van der Waals surface area (Å²) in [5.41, 5.74) is 2.33. The van der Waals surface area contributed by atoms with E-state index in [1.165, 1.54) is 0 Å². The van der Waals surface area contributed by atoms with Gasteiger partial charge in [-0.3, -0.25) is 9.59 Å². The quantitative estimate of drug-likeness (QED) is 0.753. The predicted molar refractivity (Wildman–Crippen MR) is 114 cm³/mol. The minimum absolute atomic E-state index is 0.00567. The summed E-state index contributed by atoms with van der Waals surface area (Å²) < 4.78 is 11.3. The maximum absolute atomic E-state index is 13.1. The van der Waals surface area contributed by atoms with E-state index in [1.807, 2.05) is 42.2 Å². The van der Waals surface area contributed by atoms with Gasteiger partial charge in [-0.25, -0.2) is 0 Å². The molecule has 0 aliphatic carbocycles. The second-order valence-electron chi connectivity index (χ2n) is 7.72. The van der Waals surface area contributed by atoms with E-state index in [0.29, 0.717) is 50.0 Å². The Labute approximate surface area is 181 Å². The Morgan fingerprint density at radius 3 is 2.70 bits per heavy atom. The van der Waals surface area contributed by atoms with Crippen LogP contribution in [0.5, 0.6) is 5.75 Å². The standard InChI is InChI=1S/C23H25ClN2O4/c1-16-15-30-21-6-5-18(23(28)25-7-9-29-10-8-25)13-19(21)14-26(16)22(27)12-17-3-2-4-20(24)11-17/h2-6,11,13,16H,7-10,12,14-15H2,1H3. The van der Waals surface area contributed by atoms with E-state index in [4.69, 9.17) is 21.1 Å². The normalized spacial score (nSPS) is 18.9. The zero-order valence-corrected chi connectivity index (χ0v) is 17.7. The highest BCUT2D eigenvalue weighted by molar-refractivity contribution is 6.30. The molecule has 2 amide bonds. The van der Waals surface area contributed by atoms with Crippen LogP contribution in [0, 0.1) is 0 Å². The van der Waals surface area contributed by atoms with Crippen LogP contribution >= 0.6 is 11.6 Å². The van der Waals surface area contributed by atoms with Crippen LogP contribution in [0.1, 0.15) is 28.4 Å². The van der Waals surface area contributed by atoms with Gasteiger partial charge in [-0.05, 0) is 42.8 Å². The van der Waals surface area contributed by atoms with Gasteiger partial charge < -0.3 is 19.3 Å². The molecule has 4 rings (SSSR count). The van der Waals surface area contributed by atoms with E-state index in [-0.39, 0.29) is 24.3 Å². The highest BCUT2D eigenvalue weighted by Gasteiger charge is 2.27. The largest absolute Gasteiger partial charge is 0.491 e. The van der Waals surface area contributed by atoms with Crippen LogP contribution in [0.3, 0.4) is 0 Å². The molecule has 1 fully saturated rings. The molecule has 30 heavy (non-hydrogen) atoms. The number of hydrogen-bond donors (Lipinski definition) is 0. The SMILES string of the molecule is CC1COc2ccc(C(=O)N3CCOCC3)cc2CN1C(=O)Cc1cccc(Cl)c1. The molecule has 1 saturated heterocycles. The number of hydrogen-bond acceptors (Lipinski definition) is 4. The first-order valence-electron chi connectivity index (χ1n) is 10.2. The van der Waals surface area contributed by atoms with E-state index >= 15 is 0 Å². The number of carbonyl (C=O) groups excluding carboxylic acids is 2. The molecule has 1 atom stereocenters. The van der Waals surface area contributed by atoms with Gasteiger partial charge in [-0.2, -0.15) is 0 Å². The van der Waals surface area contributed by atoms with Crippen molar-refractivity contribution in [2.75, 3.05) is 32.9 Å². The molecule has 158 valence electrons. The van der Waals surface area contributed by atoms with Crippen molar-refractivity contribution in [2.45, 2.75) is 25.9 Å². The van der Waals surface area contributed by atoms with Crippen molar-refractivity contribution in [3.8, 4) is 5.75 Å². The number of benzene rings is 2. The van der Waals surface area contributed by atoms with E-state index < -0.39 is 0 Å². The monoisotopic (exact) mass is 428 g/mol. The molecule has 0 radical (unpaired) electrons. The molecule has 0 bridgehead atoms. The predicted octanol–water partition coefficient (Wildman–Crippen LogP) is 3.16. The molecular weight excluding hydrogens is 404 g/mol. The van der Waals surface area contributed by atoms with Crippen LogP contribution in [0.2, 0.25) is 5.02 Å². The van der Waals surface area contributed by atoms with Gasteiger partial charge in [0.25, 0.3) is 5.91 Å². The number of amides is 2. The lowest BCUT2D eigenvalue weighted by Gasteiger charge is -2.27. The summed E-state index contributed by atoms with van der Waals surface area (Å²) in [7, 11) is 0. The summed E-state index contributed by atoms with van der Waals surface area (Å²) in [5, 5.41) is 0.615. The summed E-state index contributed by atoms with van der Waals surface area (Å²) in [6.07, 6.45) is 0.270. The lowest BCUT2D eigenvalue weighted by atomic mass is 10.1. The Morgan fingerprint density at radius 1 is 1.13 bits per heavy atom. The van der Waals surface area contributed by atoms with Crippen molar-refractivity contribution in [1.29, 1.82) is 0 Å². The van der Waals surface area contributed by atoms with Crippen LogP contribution < -0.4 is 4.74 Å². The van der Waals surface area contributed by atoms with E-state index in [0.717, 1.165) is 16.9 Å². The second kappa shape index (κ2) is 9.06. The first kappa shape index (κ1) is 20.7. The fraction of sp³-hybridized carbons (Fsp3) is 0.391. The van der Waals surface area contributed by atoms with Crippen LogP contribution in [0.4, 0.5) is 0 Å². The first-order chi connectivity index (χ1) is 14.5. The van der Waals surface area contributed by atoms with Crippen LogP contribution in [-0.2, 0) is 22.5 Å². The van der Waals surface area contributed by atoms with Crippen molar-refractivity contribution in [3.05, 3.63) is 64.2 Å². The van der Waals surface area contributed by atoms with Gasteiger partial charge >= 0.3 is 0 Å². The first-order valence-corrected chi connectivity index (χ1v) is 10.6. The minimum Gasteiger partial charge on any atom is -0.491 e. The molecule has 2 aliphatic rings. The summed E-state index contributed by atoms with van der Waals surface area (Å²) in [6.45, 7) is 5.08. The summed E-state index contributed by atoms with van der Waals surface area (Å²) in [5.74, 6) is 0.708. The lowest BCUT2D eigenvalue weighted by molar-refractivity contribution is -0.133. The number of rotatable bonds is 3. The smallest absolute Gasteiger partial charge is 0.254 e. The number of morpholine rings is 1. The number of fused-ring (bicyclic) bond motifs is 1. The molecule has 2 heterocycles. The Hall–Kier alpha value is -2.57. The maximum Gasteiger partial charge on any atom is 0.254 e. The third kappa shape index (κ3) is 4.60. The van der Waals surface area contributed by atoms with E-state index in [9.17, 15) is 9.59 Å². The summed E-state index contributed by atoms with van der Waals surface area (Å²) >= 11 is 6.06. The maximum atomic E-state index is 13.1. The van der Waals surface area contributed by atoms with Crippen LogP contribution in [-0.4, -0.2) is 60.6 Å². The highest BCUT2D eigenvalue weighted by Crippen LogP contribution is 2.27. The second-order valence-corrected chi connectivity index (χ2v) is 8.15. The molecule has 2 aromatic rings. The molecule has 0 spiro atoms. The molecule has 2 aliphatic heterocycles. The van der Waals surface area contributed by atoms with Crippen LogP contribution in [0.15, 0.2) is 42.5 Å². The molecule has 0 N–H and O–H groups in total. The molecular formula is C23H25ClN2O4. The van der Waals surface area contributed by atoms with Crippen molar-refractivity contribution < 1.29 is 19.1 Å². The topological polar surface area (TPSA) is 59.1 Å². The van der Waals surface area contributed by atoms with Gasteiger partial charge in [0.15, 0.2) is 0 Å². The Bertz CT molecular complexity index is 943. The van der Waals surface area contributed by atoms with E-state index in [2.05, 4.69) is 0 Å². The molecule has 0 saturated carbocycles. The zero-order valence-electron chi connectivity index (χ0n) is 17.0. The highest BCUT2D eigenvalue weighted by atomic mass is 35.5. The Kier molecular flexibility index (Phi) is 6.25. The van der Waals surface area contributed by atoms with Crippen LogP contribution in [0.25, 0.3) is 0 Å². The summed E-state index contributed by atoms with van der Waals surface area (Å²) in [6, 6.07) is 12.7. The third-order valence-electron chi connectivity index (χ3n) is 5.52. The third-order valence-corrected chi connectivity index (χ3v) is 5.76. The van der Waals surface area contributed by atoms with Gasteiger partial charge in [-0.15, -0.1) is 0 Å². The average molecular weight is 429 g/mol. The fourth-order valence-electron chi connectivity index (χ4n) is 3.82. The van der Waals surface area contributed by atoms with Gasteiger partial charge in [0, 0.05) is 35.8 Å². The van der Waals surface area contributed by atoms with Crippen molar-refractivity contribution in [3.63, 3.8) is 0 Å². The average Bonchev–Trinajstić information content (AvgIpc) is 2.92. The molecule has 6 nitrogen and oxygen atoms in total.